The van der Waals surface area contributed by atoms with Crippen LogP contribution >= 0.6 is 0 Å². The van der Waals surface area contributed by atoms with E-state index in [1.54, 1.807) is 30.3 Å². The van der Waals surface area contributed by atoms with Crippen LogP contribution in [0.25, 0.3) is 17.4 Å². The lowest BCUT2D eigenvalue weighted by Gasteiger charge is -2.14. The molecule has 1 aromatic heterocycles. The van der Waals surface area contributed by atoms with Gasteiger partial charge in [0, 0.05) is 6.07 Å². The highest BCUT2D eigenvalue weighted by Gasteiger charge is 2.34. The number of hydrazine groups is 1. The second kappa shape index (κ2) is 7.79. The van der Waals surface area contributed by atoms with Crippen LogP contribution in [-0.2, 0) is 9.59 Å². The van der Waals surface area contributed by atoms with Crippen molar-refractivity contribution in [1.29, 1.82) is 0 Å². The van der Waals surface area contributed by atoms with E-state index in [4.69, 9.17) is 9.15 Å². The molecule has 0 saturated carbocycles. The average Bonchev–Trinajstić information content (AvgIpc) is 3.33. The predicted octanol–water partition coefficient (Wildman–Crippen LogP) is 3.63. The van der Waals surface area contributed by atoms with E-state index >= 15 is 0 Å². The number of carbonyl (C=O) groups is 2. The molecule has 1 saturated heterocycles. The normalized spacial score (nSPS) is 14.8. The molecule has 0 unspecified atom stereocenters. The predicted molar refractivity (Wildman–Crippen MR) is 112 cm³/mol. The summed E-state index contributed by atoms with van der Waals surface area (Å²) in [4.78, 5) is 35.6. The molecule has 156 valence electrons. The maximum atomic E-state index is 12.8. The number of hydrogen-bond acceptors (Lipinski definition) is 6. The van der Waals surface area contributed by atoms with Crippen molar-refractivity contribution in [3.8, 4) is 17.1 Å². The van der Waals surface area contributed by atoms with Crippen LogP contribution in [0.2, 0.25) is 0 Å². The highest BCUT2D eigenvalue weighted by atomic mass is 16.6. The third-order valence-corrected chi connectivity index (χ3v) is 4.73. The van der Waals surface area contributed by atoms with Crippen LogP contribution in [0.4, 0.5) is 11.4 Å². The third kappa shape index (κ3) is 3.76. The van der Waals surface area contributed by atoms with Crippen molar-refractivity contribution in [2.24, 2.45) is 0 Å². The Morgan fingerprint density at radius 2 is 1.94 bits per heavy atom. The summed E-state index contributed by atoms with van der Waals surface area (Å²) in [5.74, 6) is -0.123. The van der Waals surface area contributed by atoms with Crippen LogP contribution in [-0.4, -0.2) is 23.8 Å². The van der Waals surface area contributed by atoms with Gasteiger partial charge in [0.15, 0.2) is 0 Å². The summed E-state index contributed by atoms with van der Waals surface area (Å²) in [7, 11) is 1.40. The zero-order valence-corrected chi connectivity index (χ0v) is 16.6. The van der Waals surface area contributed by atoms with Gasteiger partial charge in [-0.1, -0.05) is 12.1 Å². The third-order valence-electron chi connectivity index (χ3n) is 4.73. The second-order valence-corrected chi connectivity index (χ2v) is 6.82. The van der Waals surface area contributed by atoms with Crippen molar-refractivity contribution in [3.05, 3.63) is 81.6 Å². The molecule has 2 heterocycles. The fourth-order valence-electron chi connectivity index (χ4n) is 3.22. The number of amides is 2. The number of nitro benzene ring substituents is 1. The van der Waals surface area contributed by atoms with Crippen LogP contribution in [0, 0.1) is 17.0 Å². The SMILES string of the molecule is COc1cc([N+](=O)[O-])ccc1-c1ccc(/C=C2/C(=O)NN(c3cccc(C)c3)C2=O)o1. The molecule has 9 heteroatoms. The zero-order valence-electron chi connectivity index (χ0n) is 16.6. The molecule has 2 aromatic carbocycles. The lowest BCUT2D eigenvalue weighted by Crippen LogP contribution is -2.35. The molecule has 0 radical (unpaired) electrons. The van der Waals surface area contributed by atoms with Gasteiger partial charge in [0.1, 0.15) is 22.8 Å². The van der Waals surface area contributed by atoms with E-state index in [0.717, 1.165) is 5.56 Å². The van der Waals surface area contributed by atoms with E-state index in [0.29, 0.717) is 17.0 Å². The van der Waals surface area contributed by atoms with Gasteiger partial charge in [-0.2, -0.15) is 0 Å². The van der Waals surface area contributed by atoms with E-state index in [9.17, 15) is 19.7 Å². The summed E-state index contributed by atoms with van der Waals surface area (Å²) in [5.41, 5.74) is 4.36. The summed E-state index contributed by atoms with van der Waals surface area (Å²) in [6.07, 6.45) is 1.36. The Hall–Kier alpha value is -4.40. The van der Waals surface area contributed by atoms with Crippen molar-refractivity contribution < 1.29 is 23.7 Å². The number of hydrogen-bond donors (Lipinski definition) is 1. The molecule has 3 aromatic rings. The van der Waals surface area contributed by atoms with Crippen LogP contribution in [0.5, 0.6) is 5.75 Å². The van der Waals surface area contributed by atoms with E-state index < -0.39 is 16.7 Å². The van der Waals surface area contributed by atoms with Gasteiger partial charge in [-0.3, -0.25) is 25.1 Å². The number of aryl methyl sites for hydroxylation is 1. The molecule has 1 aliphatic heterocycles. The highest BCUT2D eigenvalue weighted by molar-refractivity contribution is 6.31. The monoisotopic (exact) mass is 419 g/mol. The number of rotatable bonds is 5. The van der Waals surface area contributed by atoms with Crippen LogP contribution in [0.15, 0.2) is 64.6 Å². The number of methoxy groups -OCH3 is 1. The minimum Gasteiger partial charge on any atom is -0.496 e. The molecule has 0 aliphatic carbocycles. The summed E-state index contributed by atoms with van der Waals surface area (Å²) in [6, 6.07) is 14.6. The molecule has 0 atom stereocenters. The molecule has 1 aliphatic rings. The minimum atomic E-state index is -0.544. The highest BCUT2D eigenvalue weighted by Crippen LogP contribution is 2.34. The largest absolute Gasteiger partial charge is 0.496 e. The fraction of sp³-hybridized carbons (Fsp3) is 0.0909. The minimum absolute atomic E-state index is 0.0712. The van der Waals surface area contributed by atoms with Gasteiger partial charge in [0.25, 0.3) is 17.5 Å². The first kappa shape index (κ1) is 19.9. The smallest absolute Gasteiger partial charge is 0.282 e. The Bertz CT molecular complexity index is 1240. The van der Waals surface area contributed by atoms with E-state index in [1.807, 2.05) is 13.0 Å². The van der Waals surface area contributed by atoms with Crippen molar-refractivity contribution in [2.45, 2.75) is 6.92 Å². The van der Waals surface area contributed by atoms with Gasteiger partial charge in [-0.05, 0) is 48.9 Å². The van der Waals surface area contributed by atoms with Gasteiger partial charge in [-0.15, -0.1) is 0 Å². The molecular weight excluding hydrogens is 402 g/mol. The summed E-state index contributed by atoms with van der Waals surface area (Å²) < 4.78 is 11.0. The molecule has 1 N–H and O–H groups in total. The molecule has 31 heavy (non-hydrogen) atoms. The topological polar surface area (TPSA) is 115 Å². The lowest BCUT2D eigenvalue weighted by molar-refractivity contribution is -0.384. The number of furan rings is 1. The lowest BCUT2D eigenvalue weighted by atomic mass is 10.1. The Morgan fingerprint density at radius 1 is 1.13 bits per heavy atom. The first-order valence-electron chi connectivity index (χ1n) is 9.24. The van der Waals surface area contributed by atoms with Crippen LogP contribution < -0.4 is 15.2 Å². The first-order chi connectivity index (χ1) is 14.9. The number of benzene rings is 2. The first-order valence-corrected chi connectivity index (χ1v) is 9.24. The fourth-order valence-corrected chi connectivity index (χ4v) is 3.22. The average molecular weight is 419 g/mol. The Morgan fingerprint density at radius 3 is 2.65 bits per heavy atom. The van der Waals surface area contributed by atoms with Crippen molar-refractivity contribution in [1.82, 2.24) is 5.43 Å². The number of nitrogens with one attached hydrogen (secondary N) is 1. The standard InChI is InChI=1S/C22H17N3O6/c1-13-4-3-5-14(10-13)24-22(27)18(21(26)23-24)12-16-7-9-19(31-16)17-8-6-15(25(28)29)11-20(17)30-2/h3-12H,1-2H3,(H,23,26)/b18-12-. The van der Waals surface area contributed by atoms with Crippen molar-refractivity contribution in [3.63, 3.8) is 0 Å². The molecule has 1 fully saturated rings. The number of anilines is 1. The van der Waals surface area contributed by atoms with Gasteiger partial charge in [0.2, 0.25) is 0 Å². The number of nitro groups is 1. The molecule has 4 rings (SSSR count). The number of ether oxygens (including phenoxy) is 1. The maximum Gasteiger partial charge on any atom is 0.282 e. The van der Waals surface area contributed by atoms with Crippen molar-refractivity contribution >= 4 is 29.3 Å². The quantitative estimate of drug-likeness (QED) is 0.292. The Kier molecular flexibility index (Phi) is 5.00. The molecule has 0 spiro atoms. The molecule has 0 bridgehead atoms. The Balaban J connectivity index is 1.63. The van der Waals surface area contributed by atoms with Gasteiger partial charge in [0.05, 0.1) is 29.4 Å². The van der Waals surface area contributed by atoms with Gasteiger partial charge in [-0.25, -0.2) is 5.01 Å². The van der Waals surface area contributed by atoms with Gasteiger partial charge < -0.3 is 9.15 Å². The summed E-state index contributed by atoms with van der Waals surface area (Å²) >= 11 is 0. The van der Waals surface area contributed by atoms with E-state index in [1.165, 1.54) is 36.4 Å². The number of nitrogens with zero attached hydrogens (tertiary/aromatic N) is 2. The summed E-state index contributed by atoms with van der Waals surface area (Å²) in [6.45, 7) is 1.89. The second-order valence-electron chi connectivity index (χ2n) is 6.82. The number of non-ortho nitro benzene ring substituents is 1. The van der Waals surface area contributed by atoms with E-state index in [2.05, 4.69) is 5.43 Å². The summed E-state index contributed by atoms with van der Waals surface area (Å²) in [5, 5.41) is 12.2. The van der Waals surface area contributed by atoms with E-state index in [-0.39, 0.29) is 22.8 Å². The van der Waals surface area contributed by atoms with Gasteiger partial charge >= 0.3 is 0 Å². The molecule has 2 amide bonds. The Labute approximate surface area is 176 Å². The zero-order chi connectivity index (χ0) is 22.1. The maximum absolute atomic E-state index is 12.8. The van der Waals surface area contributed by atoms with Crippen LogP contribution in [0.3, 0.4) is 0 Å². The molecular formula is C22H17N3O6. The van der Waals surface area contributed by atoms with Crippen LogP contribution in [0.1, 0.15) is 11.3 Å². The number of carbonyl (C=O) groups excluding carboxylic acids is 2. The molecule has 9 nitrogen and oxygen atoms in total. The van der Waals surface area contributed by atoms with Crippen molar-refractivity contribution in [2.75, 3.05) is 12.1 Å².